The zero-order valence-electron chi connectivity index (χ0n) is 42.2. The molecule has 4 rings (SSSR count). The Hall–Kier alpha value is -6.13. The minimum Gasteiger partial charge on any atom is -0.442 e. The van der Waals surface area contributed by atoms with Crippen molar-refractivity contribution >= 4 is 29.7 Å². The fourth-order valence-corrected chi connectivity index (χ4v) is 7.06. The van der Waals surface area contributed by atoms with Gasteiger partial charge in [-0.05, 0) is 101 Å². The number of carbonyl (C=O) groups excluding carboxylic acids is 5. The smallest absolute Gasteiger partial charge is 0.434 e. The molecule has 0 heterocycles. The van der Waals surface area contributed by atoms with Crippen LogP contribution in [0.5, 0.6) is 0 Å². The minimum atomic E-state index is -0.667. The maximum Gasteiger partial charge on any atom is 0.434 e. The van der Waals surface area contributed by atoms with Gasteiger partial charge in [-0.3, -0.25) is 33.7 Å². The van der Waals surface area contributed by atoms with Crippen LogP contribution in [0.3, 0.4) is 0 Å². The van der Waals surface area contributed by atoms with Crippen molar-refractivity contribution in [3.05, 3.63) is 144 Å². The lowest BCUT2D eigenvalue weighted by Gasteiger charge is -2.26. The van der Waals surface area contributed by atoms with Crippen LogP contribution in [-0.2, 0) is 69.6 Å². The van der Waals surface area contributed by atoms with Gasteiger partial charge in [0.2, 0.25) is 23.6 Å². The molecule has 4 aromatic rings. The molecule has 386 valence electrons. The van der Waals surface area contributed by atoms with E-state index in [0.717, 1.165) is 47.9 Å². The number of benzene rings is 4. The molecule has 71 heavy (non-hydrogen) atoms. The first-order valence-electron chi connectivity index (χ1n) is 25.2. The number of hydrogen-bond donors (Lipinski definition) is 2. The highest BCUT2D eigenvalue weighted by molar-refractivity contribution is 5.84. The van der Waals surface area contributed by atoms with E-state index in [1.54, 1.807) is 20.8 Å². The zero-order valence-corrected chi connectivity index (χ0v) is 42.2. The maximum absolute atomic E-state index is 13.4. The number of hydroxylamine groups is 6. The van der Waals surface area contributed by atoms with Gasteiger partial charge in [0.05, 0.1) is 13.2 Å². The third-order valence-corrected chi connectivity index (χ3v) is 11.0. The summed E-state index contributed by atoms with van der Waals surface area (Å²) in [5.74, 6) is -0.978. The second-order valence-electron chi connectivity index (χ2n) is 18.3. The van der Waals surface area contributed by atoms with E-state index in [1.165, 1.54) is 15.2 Å². The molecule has 4 aromatic carbocycles. The van der Waals surface area contributed by atoms with Crippen molar-refractivity contribution in [2.45, 2.75) is 136 Å². The molecule has 0 fully saturated rings. The van der Waals surface area contributed by atoms with E-state index < -0.39 is 11.7 Å². The van der Waals surface area contributed by atoms with Crippen LogP contribution in [0.2, 0.25) is 0 Å². The number of ether oxygens (including phenoxy) is 2. The fraction of sp³-hybridized carbons (Fsp3) is 0.482. The molecular weight excluding hydrogens is 903 g/mol. The Balaban J connectivity index is 1.11. The van der Waals surface area contributed by atoms with Crippen molar-refractivity contribution in [2.24, 2.45) is 0 Å². The molecular formula is C56H77N5O10. The van der Waals surface area contributed by atoms with E-state index in [1.807, 2.05) is 121 Å². The van der Waals surface area contributed by atoms with Crippen LogP contribution in [0.1, 0.15) is 126 Å². The molecule has 0 saturated carbocycles. The molecule has 2 N–H and O–H groups in total. The third kappa shape index (κ3) is 26.6. The van der Waals surface area contributed by atoms with E-state index in [9.17, 15) is 24.0 Å². The van der Waals surface area contributed by atoms with Gasteiger partial charge in [-0.2, -0.15) is 5.06 Å². The van der Waals surface area contributed by atoms with Gasteiger partial charge >= 0.3 is 6.09 Å². The lowest BCUT2D eigenvalue weighted by molar-refractivity contribution is -0.192. The largest absolute Gasteiger partial charge is 0.442 e. The molecule has 0 atom stereocenters. The standard InChI is InChI=1S/C56H77N5O10/c1-56(2,3)71-55(66)61(70-46-50-31-17-7-18-32-50)41-22-9-20-38-58-52(63)33-35-53(64)59(68-44-48-27-13-5-14-28-48)39-21-8-19-37-57-51(62)34-36-54(65)60(69-45-49-29-15-6-16-30-49)40-23-10-24-42-67-43-47-25-11-4-12-26-47/h4-7,11-18,25-32H,8-10,19-24,33-46H2,1-3H3,(H,57,62)(H,58,63). The molecule has 0 bridgehead atoms. The summed E-state index contributed by atoms with van der Waals surface area (Å²) in [6.45, 7) is 9.24. The van der Waals surface area contributed by atoms with Gasteiger partial charge in [-0.25, -0.2) is 14.9 Å². The van der Waals surface area contributed by atoms with Crippen molar-refractivity contribution in [1.82, 2.24) is 25.8 Å². The summed E-state index contributed by atoms with van der Waals surface area (Å²) < 4.78 is 11.3. The highest BCUT2D eigenvalue weighted by atomic mass is 16.7. The Bertz CT molecular complexity index is 2090. The average Bonchev–Trinajstić information content (AvgIpc) is 3.37. The predicted molar refractivity (Wildman–Crippen MR) is 272 cm³/mol. The molecule has 0 aliphatic heterocycles. The summed E-state index contributed by atoms with van der Waals surface area (Å²) in [5.41, 5.74) is 3.26. The van der Waals surface area contributed by atoms with E-state index in [4.69, 9.17) is 24.0 Å². The van der Waals surface area contributed by atoms with Gasteiger partial charge in [0.15, 0.2) is 0 Å². The van der Waals surface area contributed by atoms with Crippen molar-refractivity contribution in [1.29, 1.82) is 0 Å². The highest BCUT2D eigenvalue weighted by Crippen LogP contribution is 2.15. The van der Waals surface area contributed by atoms with Gasteiger partial charge < -0.3 is 20.1 Å². The number of hydrogen-bond acceptors (Lipinski definition) is 10. The fourth-order valence-electron chi connectivity index (χ4n) is 7.06. The molecule has 0 radical (unpaired) electrons. The van der Waals surface area contributed by atoms with Gasteiger partial charge in [-0.1, -0.05) is 121 Å². The van der Waals surface area contributed by atoms with Gasteiger partial charge in [0.25, 0.3) is 0 Å². The third-order valence-electron chi connectivity index (χ3n) is 11.0. The first-order valence-corrected chi connectivity index (χ1v) is 25.2. The van der Waals surface area contributed by atoms with E-state index in [0.29, 0.717) is 78.0 Å². The highest BCUT2D eigenvalue weighted by Gasteiger charge is 2.23. The van der Waals surface area contributed by atoms with Gasteiger partial charge in [0.1, 0.15) is 25.4 Å². The monoisotopic (exact) mass is 980 g/mol. The maximum atomic E-state index is 13.4. The number of rotatable bonds is 35. The Morgan fingerprint density at radius 2 is 0.775 bits per heavy atom. The van der Waals surface area contributed by atoms with E-state index in [-0.39, 0.29) is 69.1 Å². The summed E-state index contributed by atoms with van der Waals surface area (Å²) in [7, 11) is 0. The molecule has 15 heteroatoms. The SMILES string of the molecule is CC(C)(C)OC(=O)N(CCCCCNC(=O)CCC(=O)N(CCCCCNC(=O)CCC(=O)N(CCCCCOCc1ccccc1)OCc1ccccc1)OCc1ccccc1)OCc1ccccc1. The Morgan fingerprint density at radius 3 is 1.17 bits per heavy atom. The molecule has 0 aromatic heterocycles. The predicted octanol–water partition coefficient (Wildman–Crippen LogP) is 9.80. The number of amides is 5. The molecule has 0 aliphatic carbocycles. The van der Waals surface area contributed by atoms with Crippen LogP contribution >= 0.6 is 0 Å². The number of carbonyl (C=O) groups is 5. The van der Waals surface area contributed by atoms with Crippen molar-refractivity contribution in [3.63, 3.8) is 0 Å². The number of unbranched alkanes of at least 4 members (excludes halogenated alkanes) is 6. The Labute approximate surface area is 421 Å². The van der Waals surface area contributed by atoms with Crippen LogP contribution in [0.15, 0.2) is 121 Å². The first kappa shape index (κ1) is 57.4. The second-order valence-corrected chi connectivity index (χ2v) is 18.3. The van der Waals surface area contributed by atoms with Crippen LogP contribution < -0.4 is 10.6 Å². The van der Waals surface area contributed by atoms with Crippen LogP contribution in [-0.4, -0.2) is 89.8 Å². The molecule has 0 saturated heterocycles. The Kier molecular flexibility index (Phi) is 27.7. The molecule has 15 nitrogen and oxygen atoms in total. The van der Waals surface area contributed by atoms with Crippen molar-refractivity contribution < 1.29 is 48.0 Å². The summed E-state index contributed by atoms with van der Waals surface area (Å²) in [6, 6.07) is 38.8. The van der Waals surface area contributed by atoms with Crippen molar-refractivity contribution in [2.75, 3.05) is 39.3 Å². The van der Waals surface area contributed by atoms with Crippen molar-refractivity contribution in [3.8, 4) is 0 Å². The minimum absolute atomic E-state index is 0.0141. The summed E-state index contributed by atoms with van der Waals surface area (Å²) in [5, 5.41) is 9.80. The lowest BCUT2D eigenvalue weighted by atomic mass is 10.2. The molecule has 5 amide bonds. The van der Waals surface area contributed by atoms with Crippen LogP contribution in [0.25, 0.3) is 0 Å². The van der Waals surface area contributed by atoms with Crippen LogP contribution in [0, 0.1) is 0 Å². The second kappa shape index (κ2) is 34.2. The van der Waals surface area contributed by atoms with Crippen LogP contribution in [0.4, 0.5) is 4.79 Å². The zero-order chi connectivity index (χ0) is 50.8. The quantitative estimate of drug-likeness (QED) is 0.0335. The summed E-state index contributed by atoms with van der Waals surface area (Å²) >= 11 is 0. The summed E-state index contributed by atoms with van der Waals surface area (Å²) in [6.07, 6.45) is 6.05. The van der Waals surface area contributed by atoms with Gasteiger partial charge in [-0.15, -0.1) is 0 Å². The Morgan fingerprint density at radius 1 is 0.423 bits per heavy atom. The average molecular weight is 980 g/mol. The lowest BCUT2D eigenvalue weighted by Crippen LogP contribution is -2.37. The van der Waals surface area contributed by atoms with E-state index >= 15 is 0 Å². The molecule has 0 unspecified atom stereocenters. The molecule has 0 spiro atoms. The molecule has 0 aliphatic rings. The number of nitrogens with one attached hydrogen (secondary N) is 2. The topological polar surface area (TPSA) is 165 Å². The number of nitrogens with zero attached hydrogens (tertiary/aromatic N) is 3. The van der Waals surface area contributed by atoms with E-state index in [2.05, 4.69) is 10.6 Å². The summed E-state index contributed by atoms with van der Waals surface area (Å²) in [4.78, 5) is 82.7. The van der Waals surface area contributed by atoms with Gasteiger partial charge in [0, 0.05) is 58.5 Å². The first-order chi connectivity index (χ1) is 34.4. The normalized spacial score (nSPS) is 11.1.